The topological polar surface area (TPSA) is 84.9 Å². The van der Waals surface area contributed by atoms with E-state index in [-0.39, 0.29) is 23.7 Å². The van der Waals surface area contributed by atoms with Gasteiger partial charge in [-0.05, 0) is 61.5 Å². The number of anilines is 1. The zero-order chi connectivity index (χ0) is 27.2. The molecular weight excluding hydrogens is 533 g/mol. The molecule has 7 nitrogen and oxygen atoms in total. The number of carbonyl (C=O) groups is 1. The Morgan fingerprint density at radius 2 is 1.62 bits per heavy atom. The fourth-order valence-electron chi connectivity index (χ4n) is 3.26. The number of amides is 1. The zero-order valence-corrected chi connectivity index (χ0v) is 21.5. The molecule has 0 aliphatic carbocycles. The van der Waals surface area contributed by atoms with Crippen LogP contribution in [0.1, 0.15) is 11.1 Å². The molecule has 0 unspecified atom stereocenters. The molecule has 0 heterocycles. The molecule has 3 aromatic rings. The van der Waals surface area contributed by atoms with Crippen molar-refractivity contribution in [3.63, 3.8) is 0 Å². The van der Waals surface area contributed by atoms with Crippen molar-refractivity contribution in [3.05, 3.63) is 82.9 Å². The number of aryl methyl sites for hydroxylation is 1. The van der Waals surface area contributed by atoms with Gasteiger partial charge < -0.3 is 14.8 Å². The van der Waals surface area contributed by atoms with Gasteiger partial charge in [-0.1, -0.05) is 29.3 Å². The predicted molar refractivity (Wildman–Crippen MR) is 134 cm³/mol. The maximum atomic E-state index is 13.5. The van der Waals surface area contributed by atoms with Gasteiger partial charge in [0.15, 0.2) is 0 Å². The Hall–Kier alpha value is -3.44. The molecule has 0 spiro atoms. The van der Waals surface area contributed by atoms with E-state index >= 15 is 0 Å². The molecule has 1 amide bonds. The van der Waals surface area contributed by atoms with Gasteiger partial charge in [0.2, 0.25) is 5.91 Å². The third-order valence-corrected chi connectivity index (χ3v) is 7.31. The number of ether oxygens (including phenoxy) is 2. The first-order valence-electron chi connectivity index (χ1n) is 10.9. The van der Waals surface area contributed by atoms with Crippen LogP contribution in [-0.4, -0.2) is 41.1 Å². The lowest BCUT2D eigenvalue weighted by atomic mass is 10.2. The fraction of sp³-hybridized carbons (Fsp3) is 0.240. The number of alkyl halides is 3. The molecule has 3 aromatic carbocycles. The number of sulfonamides is 1. The highest BCUT2D eigenvalue weighted by molar-refractivity contribution is 7.92. The highest BCUT2D eigenvalue weighted by Crippen LogP contribution is 2.38. The second kappa shape index (κ2) is 11.7. The Morgan fingerprint density at radius 3 is 2.22 bits per heavy atom. The van der Waals surface area contributed by atoms with Gasteiger partial charge in [-0.15, -0.1) is 0 Å². The molecule has 198 valence electrons. The van der Waals surface area contributed by atoms with E-state index in [4.69, 9.17) is 21.1 Å². The summed E-state index contributed by atoms with van der Waals surface area (Å²) in [7, 11) is -2.87. The van der Waals surface area contributed by atoms with Crippen LogP contribution < -0.4 is 19.1 Å². The molecule has 0 saturated carbocycles. The number of methoxy groups -OCH3 is 1. The van der Waals surface area contributed by atoms with E-state index in [0.29, 0.717) is 21.9 Å². The highest BCUT2D eigenvalue weighted by Gasteiger charge is 2.35. The Labute approximate surface area is 217 Å². The fourth-order valence-corrected chi connectivity index (χ4v) is 4.89. The summed E-state index contributed by atoms with van der Waals surface area (Å²) in [4.78, 5) is 12.5. The smallest absolute Gasteiger partial charge is 0.417 e. The summed E-state index contributed by atoms with van der Waals surface area (Å²) in [5.41, 5.74) is -0.794. The molecule has 0 atom stereocenters. The van der Waals surface area contributed by atoms with Crippen LogP contribution in [0.3, 0.4) is 0 Å². The van der Waals surface area contributed by atoms with E-state index in [1.807, 2.05) is 0 Å². The number of hydrogen-bond acceptors (Lipinski definition) is 5. The molecule has 0 radical (unpaired) electrons. The molecule has 0 aliphatic heterocycles. The van der Waals surface area contributed by atoms with Crippen LogP contribution in [0.4, 0.5) is 18.9 Å². The minimum absolute atomic E-state index is 0.0255. The average molecular weight is 557 g/mol. The molecule has 0 aliphatic rings. The number of rotatable bonds is 10. The predicted octanol–water partition coefficient (Wildman–Crippen LogP) is 5.07. The van der Waals surface area contributed by atoms with Crippen molar-refractivity contribution in [2.45, 2.75) is 18.0 Å². The molecule has 0 aromatic heterocycles. The van der Waals surface area contributed by atoms with Crippen molar-refractivity contribution in [1.82, 2.24) is 5.32 Å². The molecule has 3 rings (SSSR count). The SMILES string of the molecule is COc1ccc(OCCNC(=O)CN(c2ccc(Cl)c(C(F)(F)F)c2)S(=O)(=O)c2ccc(C)cc2)cc1. The standard InChI is InChI=1S/C25H24ClF3N2O5S/c1-17-3-10-21(11-4-17)37(33,34)31(18-5-12-23(26)22(15-18)25(27,28)29)16-24(32)30-13-14-36-20-8-6-19(35-2)7-9-20/h3-12,15H,13-14,16H2,1-2H3,(H,30,32). The van der Waals surface area contributed by atoms with Crippen molar-refractivity contribution in [2.75, 3.05) is 31.1 Å². The van der Waals surface area contributed by atoms with Gasteiger partial charge in [-0.2, -0.15) is 13.2 Å². The summed E-state index contributed by atoms with van der Waals surface area (Å²) in [6, 6.07) is 15.1. The first kappa shape index (κ1) is 28.1. The Bertz CT molecular complexity index is 1330. The molecule has 1 N–H and O–H groups in total. The molecule has 0 bridgehead atoms. The summed E-state index contributed by atoms with van der Waals surface area (Å²) in [5.74, 6) is 0.434. The Morgan fingerprint density at radius 1 is 1.00 bits per heavy atom. The van der Waals surface area contributed by atoms with Crippen LogP contribution in [0.25, 0.3) is 0 Å². The summed E-state index contributed by atoms with van der Waals surface area (Å²) >= 11 is 5.70. The third-order valence-electron chi connectivity index (χ3n) is 5.19. The van der Waals surface area contributed by atoms with Gasteiger partial charge in [0.25, 0.3) is 10.0 Å². The quantitative estimate of drug-likeness (QED) is 0.353. The highest BCUT2D eigenvalue weighted by atomic mass is 35.5. The molecule has 12 heteroatoms. The number of carbonyl (C=O) groups excluding carboxylic acids is 1. The molecular formula is C25H24ClF3N2O5S. The first-order valence-corrected chi connectivity index (χ1v) is 12.7. The van der Waals surface area contributed by atoms with E-state index in [1.165, 1.54) is 19.2 Å². The lowest BCUT2D eigenvalue weighted by Crippen LogP contribution is -2.42. The van der Waals surface area contributed by atoms with Crippen LogP contribution in [0.5, 0.6) is 11.5 Å². The average Bonchev–Trinajstić information content (AvgIpc) is 2.85. The number of hydrogen-bond donors (Lipinski definition) is 1. The summed E-state index contributed by atoms with van der Waals surface area (Å²) in [6.07, 6.45) is -4.83. The molecule has 0 saturated heterocycles. The van der Waals surface area contributed by atoms with Crippen molar-refractivity contribution >= 4 is 33.2 Å². The first-order chi connectivity index (χ1) is 17.4. The lowest BCUT2D eigenvalue weighted by Gasteiger charge is -2.25. The zero-order valence-electron chi connectivity index (χ0n) is 19.9. The van der Waals surface area contributed by atoms with Crippen LogP contribution >= 0.6 is 11.6 Å². The van der Waals surface area contributed by atoms with Gasteiger partial charge in [-0.3, -0.25) is 9.10 Å². The minimum Gasteiger partial charge on any atom is -0.497 e. The van der Waals surface area contributed by atoms with Gasteiger partial charge >= 0.3 is 6.18 Å². The van der Waals surface area contributed by atoms with Crippen molar-refractivity contribution < 1.29 is 35.9 Å². The lowest BCUT2D eigenvalue weighted by molar-refractivity contribution is -0.137. The van der Waals surface area contributed by atoms with Crippen molar-refractivity contribution in [2.24, 2.45) is 0 Å². The van der Waals surface area contributed by atoms with E-state index in [1.54, 1.807) is 43.3 Å². The number of benzene rings is 3. The van der Waals surface area contributed by atoms with E-state index < -0.39 is 39.2 Å². The monoisotopic (exact) mass is 556 g/mol. The van der Waals surface area contributed by atoms with E-state index in [2.05, 4.69) is 5.32 Å². The van der Waals surface area contributed by atoms with Crippen molar-refractivity contribution in [1.29, 1.82) is 0 Å². The largest absolute Gasteiger partial charge is 0.497 e. The normalized spacial score (nSPS) is 11.6. The van der Waals surface area contributed by atoms with Gasteiger partial charge in [0.1, 0.15) is 24.7 Å². The van der Waals surface area contributed by atoms with Crippen LogP contribution in [0.2, 0.25) is 5.02 Å². The summed E-state index contributed by atoms with van der Waals surface area (Å²) in [6.45, 7) is 1.09. The van der Waals surface area contributed by atoms with E-state index in [9.17, 15) is 26.4 Å². The van der Waals surface area contributed by atoms with Gasteiger partial charge in [0, 0.05) is 0 Å². The number of halogens is 4. The Kier molecular flexibility index (Phi) is 8.93. The van der Waals surface area contributed by atoms with Crippen molar-refractivity contribution in [3.8, 4) is 11.5 Å². The summed E-state index contributed by atoms with van der Waals surface area (Å²) < 4.78 is 78.3. The van der Waals surface area contributed by atoms with Gasteiger partial charge in [-0.25, -0.2) is 8.42 Å². The Balaban J connectivity index is 1.79. The third kappa shape index (κ3) is 7.30. The number of nitrogens with zero attached hydrogens (tertiary/aromatic N) is 1. The number of nitrogens with one attached hydrogen (secondary N) is 1. The maximum Gasteiger partial charge on any atom is 0.417 e. The molecule has 37 heavy (non-hydrogen) atoms. The van der Waals surface area contributed by atoms with Crippen LogP contribution in [0, 0.1) is 6.92 Å². The van der Waals surface area contributed by atoms with E-state index in [0.717, 1.165) is 17.7 Å². The van der Waals surface area contributed by atoms with Crippen LogP contribution in [-0.2, 0) is 21.0 Å². The van der Waals surface area contributed by atoms with Gasteiger partial charge in [0.05, 0.1) is 34.8 Å². The maximum absolute atomic E-state index is 13.5. The molecule has 0 fully saturated rings. The summed E-state index contributed by atoms with van der Waals surface area (Å²) in [5, 5.41) is 1.93. The second-order valence-electron chi connectivity index (χ2n) is 7.86. The second-order valence-corrected chi connectivity index (χ2v) is 10.1. The van der Waals surface area contributed by atoms with Crippen LogP contribution in [0.15, 0.2) is 71.6 Å². The minimum atomic E-state index is -4.83.